The van der Waals surface area contributed by atoms with Crippen LogP contribution in [0.2, 0.25) is 0 Å². The molecule has 1 aromatic carbocycles. The summed E-state index contributed by atoms with van der Waals surface area (Å²) in [6.45, 7) is 5.89. The van der Waals surface area contributed by atoms with Gasteiger partial charge in [0.15, 0.2) is 0 Å². The molecule has 1 aromatic rings. The van der Waals surface area contributed by atoms with E-state index in [-0.39, 0.29) is 58.4 Å². The van der Waals surface area contributed by atoms with Crippen molar-refractivity contribution < 1.29 is 62.7 Å². The molecule has 0 amide bonds. The minimum absolute atomic E-state index is 0. The van der Waals surface area contributed by atoms with Crippen LogP contribution in [-0.4, -0.2) is 11.1 Å². The quantitative estimate of drug-likeness (QED) is 0.449. The molecule has 0 saturated carbocycles. The summed E-state index contributed by atoms with van der Waals surface area (Å²) in [5.41, 5.74) is 4.11. The Kier molecular flexibility index (Phi) is 6.91. The van der Waals surface area contributed by atoms with E-state index >= 15 is 0 Å². The molecule has 0 fully saturated rings. The fourth-order valence-electron chi connectivity index (χ4n) is 1.49. The van der Waals surface area contributed by atoms with Crippen molar-refractivity contribution in [2.24, 2.45) is 0 Å². The molecule has 0 atom stereocenters. The zero-order chi connectivity index (χ0) is 12.3. The molecule has 84 valence electrons. The summed E-state index contributed by atoms with van der Waals surface area (Å²) >= 11 is 0. The number of rotatable bonds is 2. The number of allylic oxidation sites excluding steroid dienone is 1. The largest absolute Gasteiger partial charge is 1.00 e. The van der Waals surface area contributed by atoms with Gasteiger partial charge in [-0.15, -0.1) is 0 Å². The van der Waals surface area contributed by atoms with E-state index in [1.165, 1.54) is 0 Å². The van der Waals surface area contributed by atoms with Crippen LogP contribution in [0.4, 0.5) is 0 Å². The number of carbonyl (C=O) groups is 1. The van der Waals surface area contributed by atoms with Crippen molar-refractivity contribution in [3.63, 3.8) is 0 Å². The Labute approximate surface area is 145 Å². The smallest absolute Gasteiger partial charge is 1.00 e. The summed E-state index contributed by atoms with van der Waals surface area (Å²) in [6.07, 6.45) is 0.934. The van der Waals surface area contributed by atoms with Gasteiger partial charge in [-0.05, 0) is 43.0 Å². The Morgan fingerprint density at radius 3 is 2.18 bits per heavy atom. The number of hydrogen-bond donors (Lipinski definition) is 1. The summed E-state index contributed by atoms with van der Waals surface area (Å²) < 4.78 is 0. The van der Waals surface area contributed by atoms with Crippen molar-refractivity contribution >= 4 is 11.5 Å². The van der Waals surface area contributed by atoms with Crippen molar-refractivity contribution in [3.8, 4) is 6.07 Å². The van der Waals surface area contributed by atoms with Crippen molar-refractivity contribution in [3.05, 3.63) is 40.5 Å². The Morgan fingerprint density at radius 2 is 1.82 bits per heavy atom. The van der Waals surface area contributed by atoms with Gasteiger partial charge in [-0.3, -0.25) is 0 Å². The number of carboxylic acids is 1. The van der Waals surface area contributed by atoms with E-state index in [4.69, 9.17) is 10.4 Å². The molecule has 0 aromatic heterocycles. The minimum Gasteiger partial charge on any atom is -1.00 e. The SMILES string of the molecule is Cc1cc(C(C#N)=CC(=O)O)cc(C)c1C.[H-].[K+]. The van der Waals surface area contributed by atoms with E-state index in [0.29, 0.717) is 5.56 Å². The first-order valence-corrected chi connectivity index (χ1v) is 4.88. The fourth-order valence-corrected chi connectivity index (χ4v) is 1.49. The maximum Gasteiger partial charge on any atom is 1.00 e. The Bertz CT molecular complexity index is 495. The number of carboxylic acid groups (broad SMARTS) is 1. The van der Waals surface area contributed by atoms with Gasteiger partial charge < -0.3 is 6.53 Å². The Morgan fingerprint density at radius 1 is 1.35 bits per heavy atom. The monoisotopic (exact) mass is 255 g/mol. The molecule has 1 rings (SSSR count). The third kappa shape index (κ3) is 4.38. The average Bonchev–Trinajstić information content (AvgIpc) is 2.21. The fraction of sp³-hybridized carbons (Fsp3) is 0.231. The van der Waals surface area contributed by atoms with Crippen LogP contribution >= 0.6 is 0 Å². The molecule has 0 radical (unpaired) electrons. The summed E-state index contributed by atoms with van der Waals surface area (Å²) in [4.78, 5) is 10.6. The molecular weight excluding hydrogens is 241 g/mol. The van der Waals surface area contributed by atoms with Crippen molar-refractivity contribution in [2.75, 3.05) is 0 Å². The first-order valence-electron chi connectivity index (χ1n) is 4.88. The molecule has 0 aliphatic heterocycles. The van der Waals surface area contributed by atoms with Crippen molar-refractivity contribution in [1.82, 2.24) is 0 Å². The molecule has 0 heterocycles. The maximum atomic E-state index is 10.6. The third-order valence-corrected chi connectivity index (χ3v) is 2.63. The molecule has 0 unspecified atom stereocenters. The number of nitrogens with zero attached hydrogens (tertiary/aromatic N) is 1. The second kappa shape index (κ2) is 7.09. The van der Waals surface area contributed by atoms with Crippen LogP contribution in [0.1, 0.15) is 23.7 Å². The summed E-state index contributed by atoms with van der Waals surface area (Å²) in [6, 6.07) is 5.57. The van der Waals surface area contributed by atoms with E-state index in [9.17, 15) is 4.79 Å². The Balaban J connectivity index is 0. The number of nitriles is 1. The van der Waals surface area contributed by atoms with Crippen LogP contribution in [0, 0.1) is 32.1 Å². The second-order valence-electron chi connectivity index (χ2n) is 3.74. The van der Waals surface area contributed by atoms with E-state index in [0.717, 1.165) is 22.8 Å². The van der Waals surface area contributed by atoms with Gasteiger partial charge in [0.2, 0.25) is 0 Å². The Hall–Kier alpha value is -0.444. The number of benzene rings is 1. The average molecular weight is 255 g/mol. The third-order valence-electron chi connectivity index (χ3n) is 2.63. The summed E-state index contributed by atoms with van der Waals surface area (Å²) in [7, 11) is 0. The molecule has 3 nitrogen and oxygen atoms in total. The van der Waals surface area contributed by atoms with Gasteiger partial charge in [0.25, 0.3) is 0 Å². The van der Waals surface area contributed by atoms with E-state index < -0.39 is 5.97 Å². The van der Waals surface area contributed by atoms with Crippen LogP contribution < -0.4 is 51.4 Å². The van der Waals surface area contributed by atoms with Crippen LogP contribution in [-0.2, 0) is 4.79 Å². The topological polar surface area (TPSA) is 61.1 Å². The van der Waals surface area contributed by atoms with Gasteiger partial charge in [-0.2, -0.15) is 5.26 Å². The van der Waals surface area contributed by atoms with Gasteiger partial charge in [-0.1, -0.05) is 12.1 Å². The first-order chi connectivity index (χ1) is 7.45. The van der Waals surface area contributed by atoms with Crippen molar-refractivity contribution in [1.29, 1.82) is 5.26 Å². The molecule has 4 heteroatoms. The van der Waals surface area contributed by atoms with Crippen molar-refractivity contribution in [2.45, 2.75) is 20.8 Å². The normalized spacial score (nSPS) is 10.4. The van der Waals surface area contributed by atoms with Gasteiger partial charge in [-0.25, -0.2) is 4.79 Å². The van der Waals surface area contributed by atoms with Gasteiger partial charge in [0.05, 0.1) is 5.57 Å². The first kappa shape index (κ1) is 16.6. The van der Waals surface area contributed by atoms with E-state index in [1.54, 1.807) is 0 Å². The predicted molar refractivity (Wildman–Crippen MR) is 63.0 cm³/mol. The predicted octanol–water partition coefficient (Wildman–Crippen LogP) is -0.280. The molecule has 1 N–H and O–H groups in total. The molecule has 17 heavy (non-hydrogen) atoms. The number of hydrogen-bond acceptors (Lipinski definition) is 2. The van der Waals surface area contributed by atoms with Crippen LogP contribution in [0.15, 0.2) is 18.2 Å². The second-order valence-corrected chi connectivity index (χ2v) is 3.74. The molecular formula is C13H14KNO2. The zero-order valence-corrected chi connectivity index (χ0v) is 13.7. The van der Waals surface area contributed by atoms with Crippen LogP contribution in [0.3, 0.4) is 0 Å². The minimum atomic E-state index is -1.10. The molecule has 0 spiro atoms. The maximum absolute atomic E-state index is 10.6. The van der Waals surface area contributed by atoms with Crippen LogP contribution in [0.25, 0.3) is 5.57 Å². The summed E-state index contributed by atoms with van der Waals surface area (Å²) in [5.74, 6) is -1.10. The van der Waals surface area contributed by atoms with Gasteiger partial charge >= 0.3 is 57.4 Å². The molecule has 0 bridgehead atoms. The zero-order valence-electron chi connectivity index (χ0n) is 11.5. The summed E-state index contributed by atoms with van der Waals surface area (Å²) in [5, 5.41) is 17.5. The number of aryl methyl sites for hydroxylation is 2. The van der Waals surface area contributed by atoms with Gasteiger partial charge in [0, 0.05) is 6.08 Å². The van der Waals surface area contributed by atoms with E-state index in [2.05, 4.69) is 0 Å². The standard InChI is InChI=1S/C13H13NO2.K.H/c1-8-4-11(5-9(2)10(8)3)12(7-14)6-13(15)16;;/h4-6H,1-3H3,(H,15,16);;/q;+1;-1. The van der Waals surface area contributed by atoms with Crippen LogP contribution in [0.5, 0.6) is 0 Å². The molecule has 0 aliphatic carbocycles. The van der Waals surface area contributed by atoms with E-state index in [1.807, 2.05) is 39.0 Å². The molecule has 0 saturated heterocycles. The van der Waals surface area contributed by atoms with Gasteiger partial charge in [0.1, 0.15) is 6.07 Å². The molecule has 0 aliphatic rings. The number of aliphatic carboxylic acids is 1.